The second-order valence-corrected chi connectivity index (χ2v) is 4.96. The van der Waals surface area contributed by atoms with Crippen molar-refractivity contribution in [2.45, 2.75) is 13.0 Å². The van der Waals surface area contributed by atoms with E-state index in [0.29, 0.717) is 19.7 Å². The van der Waals surface area contributed by atoms with E-state index in [4.69, 9.17) is 4.74 Å². The van der Waals surface area contributed by atoms with Crippen LogP contribution in [0.3, 0.4) is 0 Å². The summed E-state index contributed by atoms with van der Waals surface area (Å²) in [7, 11) is 1.58. The van der Waals surface area contributed by atoms with Crippen molar-refractivity contribution < 1.29 is 18.3 Å². The Morgan fingerprint density at radius 3 is 2.85 bits per heavy atom. The fraction of sp³-hybridized carbons (Fsp3) is 0.500. The van der Waals surface area contributed by atoms with E-state index in [2.05, 4.69) is 5.32 Å². The fourth-order valence-corrected chi connectivity index (χ4v) is 2.15. The van der Waals surface area contributed by atoms with Crippen LogP contribution in [0.1, 0.15) is 15.9 Å². The van der Waals surface area contributed by atoms with Crippen molar-refractivity contribution in [3.8, 4) is 0 Å². The molecule has 2 rings (SSSR count). The Kier molecular flexibility index (Phi) is 4.67. The number of halogens is 2. The number of aryl methyl sites for hydroxylation is 1. The van der Waals surface area contributed by atoms with Gasteiger partial charge in [0.1, 0.15) is 11.6 Å². The molecule has 1 saturated heterocycles. The molecule has 1 aromatic rings. The second kappa shape index (κ2) is 6.28. The summed E-state index contributed by atoms with van der Waals surface area (Å²) in [5.74, 6) is -1.96. The van der Waals surface area contributed by atoms with E-state index in [1.807, 2.05) is 0 Å². The molecule has 1 N–H and O–H groups in total. The Balaban J connectivity index is 2.08. The van der Waals surface area contributed by atoms with Crippen LogP contribution in [-0.4, -0.2) is 50.2 Å². The first-order chi connectivity index (χ1) is 9.49. The van der Waals surface area contributed by atoms with Crippen molar-refractivity contribution in [1.82, 2.24) is 10.2 Å². The van der Waals surface area contributed by atoms with Crippen LogP contribution in [0.25, 0.3) is 0 Å². The largest absolute Gasteiger partial charge is 0.374 e. The number of morpholine rings is 1. The van der Waals surface area contributed by atoms with Crippen molar-refractivity contribution >= 4 is 5.91 Å². The Morgan fingerprint density at radius 1 is 1.45 bits per heavy atom. The summed E-state index contributed by atoms with van der Waals surface area (Å²) in [5.41, 5.74) is 0.133. The van der Waals surface area contributed by atoms with E-state index in [1.165, 1.54) is 17.9 Å². The standard InChI is InChI=1S/C14H18F2N2O2/c1-9-5-11(13(16)6-12(9)15)14(19)18(2)8-10-7-17-3-4-20-10/h5-6,10,17H,3-4,7-8H2,1-2H3. The molecular formula is C14H18F2N2O2. The van der Waals surface area contributed by atoms with Gasteiger partial charge in [0, 0.05) is 32.7 Å². The highest BCUT2D eigenvalue weighted by molar-refractivity contribution is 5.94. The van der Waals surface area contributed by atoms with E-state index in [0.717, 1.165) is 12.6 Å². The van der Waals surface area contributed by atoms with Crippen LogP contribution in [-0.2, 0) is 4.74 Å². The summed E-state index contributed by atoms with van der Waals surface area (Å²) in [6.07, 6.45) is -0.109. The molecule has 0 bridgehead atoms. The lowest BCUT2D eigenvalue weighted by Gasteiger charge is -2.28. The van der Waals surface area contributed by atoms with E-state index in [1.54, 1.807) is 7.05 Å². The predicted octanol–water partition coefficient (Wildman–Crippen LogP) is 1.33. The van der Waals surface area contributed by atoms with Crippen molar-refractivity contribution in [2.75, 3.05) is 33.3 Å². The molecule has 0 saturated carbocycles. The number of nitrogens with zero attached hydrogens (tertiary/aromatic N) is 1. The minimum absolute atomic E-state index is 0.109. The molecular weight excluding hydrogens is 266 g/mol. The molecule has 1 aliphatic heterocycles. The highest BCUT2D eigenvalue weighted by Crippen LogP contribution is 2.16. The van der Waals surface area contributed by atoms with Gasteiger partial charge in [-0.15, -0.1) is 0 Å². The zero-order valence-electron chi connectivity index (χ0n) is 11.6. The summed E-state index contributed by atoms with van der Waals surface area (Å²) in [4.78, 5) is 13.6. The maximum absolute atomic E-state index is 13.7. The summed E-state index contributed by atoms with van der Waals surface area (Å²) in [6.45, 7) is 3.90. The Bertz CT molecular complexity index is 502. The number of amides is 1. The van der Waals surface area contributed by atoms with Gasteiger partial charge < -0.3 is 15.0 Å². The van der Waals surface area contributed by atoms with Gasteiger partial charge in [0.25, 0.3) is 5.91 Å². The third kappa shape index (κ3) is 3.32. The van der Waals surface area contributed by atoms with Gasteiger partial charge in [-0.3, -0.25) is 4.79 Å². The maximum Gasteiger partial charge on any atom is 0.256 e. The number of rotatable bonds is 3. The molecule has 0 spiro atoms. The van der Waals surface area contributed by atoms with Gasteiger partial charge in [0.2, 0.25) is 0 Å². The van der Waals surface area contributed by atoms with Crippen molar-refractivity contribution in [3.05, 3.63) is 34.9 Å². The lowest BCUT2D eigenvalue weighted by Crippen LogP contribution is -2.45. The average Bonchev–Trinajstić information content (AvgIpc) is 2.43. The minimum Gasteiger partial charge on any atom is -0.374 e. The van der Waals surface area contributed by atoms with Gasteiger partial charge in [-0.25, -0.2) is 8.78 Å². The molecule has 1 aliphatic rings. The van der Waals surface area contributed by atoms with Crippen molar-refractivity contribution in [3.63, 3.8) is 0 Å². The third-order valence-electron chi connectivity index (χ3n) is 3.31. The topological polar surface area (TPSA) is 41.6 Å². The van der Waals surface area contributed by atoms with E-state index >= 15 is 0 Å². The molecule has 110 valence electrons. The molecule has 0 aromatic heterocycles. The maximum atomic E-state index is 13.7. The van der Waals surface area contributed by atoms with Gasteiger partial charge >= 0.3 is 0 Å². The molecule has 0 radical (unpaired) electrons. The Hall–Kier alpha value is -1.53. The van der Waals surface area contributed by atoms with Crippen LogP contribution in [0.2, 0.25) is 0 Å². The number of nitrogens with one attached hydrogen (secondary N) is 1. The molecule has 4 nitrogen and oxygen atoms in total. The molecule has 6 heteroatoms. The number of carbonyl (C=O) groups excluding carboxylic acids is 1. The van der Waals surface area contributed by atoms with Gasteiger partial charge in [-0.2, -0.15) is 0 Å². The molecule has 20 heavy (non-hydrogen) atoms. The number of hydrogen-bond donors (Lipinski definition) is 1. The smallest absolute Gasteiger partial charge is 0.256 e. The highest BCUT2D eigenvalue weighted by Gasteiger charge is 2.22. The van der Waals surface area contributed by atoms with Crippen LogP contribution in [0.4, 0.5) is 8.78 Å². The average molecular weight is 284 g/mol. The first kappa shape index (κ1) is 14.9. The summed E-state index contributed by atoms with van der Waals surface area (Å²) in [6, 6.07) is 1.98. The Labute approximate surface area is 116 Å². The summed E-state index contributed by atoms with van der Waals surface area (Å²) >= 11 is 0. The number of carbonyl (C=O) groups is 1. The molecule has 1 fully saturated rings. The quantitative estimate of drug-likeness (QED) is 0.910. The predicted molar refractivity (Wildman–Crippen MR) is 70.7 cm³/mol. The SMILES string of the molecule is Cc1cc(C(=O)N(C)CC2CNCCO2)c(F)cc1F. The van der Waals surface area contributed by atoms with Gasteiger partial charge in [0.05, 0.1) is 18.3 Å². The highest BCUT2D eigenvalue weighted by atomic mass is 19.1. The van der Waals surface area contributed by atoms with Crippen molar-refractivity contribution in [1.29, 1.82) is 0 Å². The van der Waals surface area contributed by atoms with E-state index < -0.39 is 17.5 Å². The molecule has 1 aromatic carbocycles. The number of ether oxygens (including phenoxy) is 1. The monoisotopic (exact) mass is 284 g/mol. The van der Waals surface area contributed by atoms with Gasteiger partial charge in [-0.1, -0.05) is 0 Å². The van der Waals surface area contributed by atoms with E-state index in [-0.39, 0.29) is 17.2 Å². The molecule has 0 aliphatic carbocycles. The molecule has 1 unspecified atom stereocenters. The van der Waals surface area contributed by atoms with Crippen LogP contribution < -0.4 is 5.32 Å². The number of hydrogen-bond acceptors (Lipinski definition) is 3. The zero-order chi connectivity index (χ0) is 14.7. The normalized spacial score (nSPS) is 18.9. The fourth-order valence-electron chi connectivity index (χ4n) is 2.15. The summed E-state index contributed by atoms with van der Waals surface area (Å²) in [5, 5.41) is 3.16. The van der Waals surface area contributed by atoms with Gasteiger partial charge in [-0.05, 0) is 18.6 Å². The second-order valence-electron chi connectivity index (χ2n) is 4.96. The van der Waals surface area contributed by atoms with Crippen LogP contribution in [0.15, 0.2) is 12.1 Å². The molecule has 1 amide bonds. The number of benzene rings is 1. The lowest BCUT2D eigenvalue weighted by atomic mass is 10.1. The van der Waals surface area contributed by atoms with Crippen LogP contribution >= 0.6 is 0 Å². The first-order valence-electron chi connectivity index (χ1n) is 6.52. The van der Waals surface area contributed by atoms with E-state index in [9.17, 15) is 13.6 Å². The minimum atomic E-state index is -0.840. The van der Waals surface area contributed by atoms with Crippen LogP contribution in [0, 0.1) is 18.6 Å². The lowest BCUT2D eigenvalue weighted by molar-refractivity contribution is 0.0103. The molecule has 1 atom stereocenters. The van der Waals surface area contributed by atoms with Crippen molar-refractivity contribution in [2.24, 2.45) is 0 Å². The molecule has 1 heterocycles. The Morgan fingerprint density at radius 2 is 2.20 bits per heavy atom. The number of likely N-dealkylation sites (N-methyl/N-ethyl adjacent to an activating group) is 1. The summed E-state index contributed by atoms with van der Waals surface area (Å²) < 4.78 is 32.4. The first-order valence-corrected chi connectivity index (χ1v) is 6.52. The zero-order valence-corrected chi connectivity index (χ0v) is 11.6. The third-order valence-corrected chi connectivity index (χ3v) is 3.31. The van der Waals surface area contributed by atoms with Crippen LogP contribution in [0.5, 0.6) is 0 Å². The van der Waals surface area contributed by atoms with Gasteiger partial charge in [0.15, 0.2) is 0 Å².